The lowest BCUT2D eigenvalue weighted by Gasteiger charge is -2.10. The van der Waals surface area contributed by atoms with Crippen molar-refractivity contribution in [1.29, 1.82) is 0 Å². The number of benzene rings is 1. The minimum absolute atomic E-state index is 0.213. The first-order chi connectivity index (χ1) is 13.2. The molecule has 1 N–H and O–H groups in total. The Morgan fingerprint density at radius 3 is 3.04 bits per heavy atom. The number of hydrogen-bond acceptors (Lipinski definition) is 5. The summed E-state index contributed by atoms with van der Waals surface area (Å²) in [5, 5.41) is 2.96. The third-order valence-electron chi connectivity index (χ3n) is 4.77. The van der Waals surface area contributed by atoms with Crippen LogP contribution in [0.15, 0.2) is 64.9 Å². The van der Waals surface area contributed by atoms with E-state index in [9.17, 15) is 4.79 Å². The quantitative estimate of drug-likeness (QED) is 0.610. The molecule has 1 aromatic carbocycles. The number of anilines is 1. The van der Waals surface area contributed by atoms with Gasteiger partial charge < -0.3 is 9.73 Å². The van der Waals surface area contributed by atoms with E-state index in [4.69, 9.17) is 4.42 Å². The Labute approximate surface area is 154 Å². The van der Waals surface area contributed by atoms with Gasteiger partial charge in [0.2, 0.25) is 0 Å². The molecule has 27 heavy (non-hydrogen) atoms. The lowest BCUT2D eigenvalue weighted by molar-refractivity contribution is 0.102. The summed E-state index contributed by atoms with van der Waals surface area (Å²) in [6, 6.07) is 7.72. The van der Waals surface area contributed by atoms with Crippen molar-refractivity contribution < 1.29 is 9.21 Å². The molecule has 0 saturated carbocycles. The van der Waals surface area contributed by atoms with Gasteiger partial charge in [-0.3, -0.25) is 14.2 Å². The van der Waals surface area contributed by atoms with Crippen molar-refractivity contribution in [3.05, 3.63) is 83.5 Å². The molecule has 0 radical (unpaired) electrons. The molecule has 7 heteroatoms. The highest BCUT2D eigenvalue weighted by atomic mass is 16.3. The minimum atomic E-state index is -0.213. The number of nitrogens with one attached hydrogen (secondary N) is 1. The molecular formula is C20H15N5O2. The zero-order valence-electron chi connectivity index (χ0n) is 14.5. The summed E-state index contributed by atoms with van der Waals surface area (Å²) in [4.78, 5) is 25.7. The monoisotopic (exact) mass is 357 g/mol. The average Bonchev–Trinajstić information content (AvgIpc) is 3.41. The number of nitrogens with zero attached hydrogens (tertiary/aromatic N) is 4. The molecule has 0 bridgehead atoms. The number of fused-ring (bicyclic) bond motifs is 2. The molecule has 7 nitrogen and oxygen atoms in total. The first-order valence-corrected chi connectivity index (χ1v) is 8.50. The molecule has 4 heterocycles. The highest BCUT2D eigenvalue weighted by molar-refractivity contribution is 6.15. The Kier molecular flexibility index (Phi) is 3.39. The summed E-state index contributed by atoms with van der Waals surface area (Å²) in [6.07, 6.45) is 8.19. The molecular weight excluding hydrogens is 342 g/mol. The molecule has 0 fully saturated rings. The number of carbonyl (C=O) groups is 1. The van der Waals surface area contributed by atoms with Crippen LogP contribution >= 0.6 is 0 Å². The molecule has 0 spiro atoms. The lowest BCUT2D eigenvalue weighted by Crippen LogP contribution is -2.16. The van der Waals surface area contributed by atoms with Gasteiger partial charge in [0, 0.05) is 28.7 Å². The van der Waals surface area contributed by atoms with E-state index in [0.717, 1.165) is 28.1 Å². The van der Waals surface area contributed by atoms with Gasteiger partial charge in [0.25, 0.3) is 5.91 Å². The van der Waals surface area contributed by atoms with Crippen LogP contribution in [-0.4, -0.2) is 26.0 Å². The van der Waals surface area contributed by atoms with Crippen molar-refractivity contribution in [2.45, 2.75) is 13.5 Å². The van der Waals surface area contributed by atoms with Gasteiger partial charge >= 0.3 is 0 Å². The molecule has 132 valence electrons. The SMILES string of the molecule is Cc1c(C(=O)Nc2ccc3c(c2)C(c2ccoc2)=NC3)cnc2cncn12. The molecule has 3 aromatic heterocycles. The van der Waals surface area contributed by atoms with E-state index in [1.165, 1.54) is 0 Å². The number of hydrogen-bond donors (Lipinski definition) is 1. The summed E-state index contributed by atoms with van der Waals surface area (Å²) >= 11 is 0. The van der Waals surface area contributed by atoms with Gasteiger partial charge in [0.15, 0.2) is 5.65 Å². The number of aromatic nitrogens is 3. The van der Waals surface area contributed by atoms with E-state index in [1.807, 2.05) is 31.2 Å². The van der Waals surface area contributed by atoms with Gasteiger partial charge in [0.1, 0.15) is 6.33 Å². The Bertz CT molecular complexity index is 1200. The number of aliphatic imine (C=N–C) groups is 1. The summed E-state index contributed by atoms with van der Waals surface area (Å²) in [6.45, 7) is 2.50. The van der Waals surface area contributed by atoms with Crippen molar-refractivity contribution in [3.63, 3.8) is 0 Å². The second-order valence-electron chi connectivity index (χ2n) is 6.38. The van der Waals surface area contributed by atoms with Crippen LogP contribution < -0.4 is 5.32 Å². The van der Waals surface area contributed by atoms with Crippen molar-refractivity contribution in [2.75, 3.05) is 5.32 Å². The van der Waals surface area contributed by atoms with Gasteiger partial charge in [-0.25, -0.2) is 9.97 Å². The Hall–Kier alpha value is -3.74. The fourth-order valence-electron chi connectivity index (χ4n) is 3.33. The molecule has 0 aliphatic carbocycles. The Morgan fingerprint density at radius 1 is 1.26 bits per heavy atom. The van der Waals surface area contributed by atoms with E-state index in [2.05, 4.69) is 20.3 Å². The van der Waals surface area contributed by atoms with Gasteiger partial charge in [-0.1, -0.05) is 6.07 Å². The summed E-state index contributed by atoms with van der Waals surface area (Å²) < 4.78 is 6.96. The van der Waals surface area contributed by atoms with E-state index < -0.39 is 0 Å². The number of imidazole rings is 1. The number of furan rings is 1. The fraction of sp³-hybridized carbons (Fsp3) is 0.100. The highest BCUT2D eigenvalue weighted by Crippen LogP contribution is 2.26. The van der Waals surface area contributed by atoms with Gasteiger partial charge in [-0.15, -0.1) is 0 Å². The zero-order chi connectivity index (χ0) is 18.4. The molecule has 1 amide bonds. The van der Waals surface area contributed by atoms with Crippen molar-refractivity contribution in [2.24, 2.45) is 4.99 Å². The van der Waals surface area contributed by atoms with Crippen LogP contribution in [0.4, 0.5) is 5.69 Å². The van der Waals surface area contributed by atoms with Crippen LogP contribution in [0, 0.1) is 6.92 Å². The normalized spacial score (nSPS) is 12.9. The van der Waals surface area contributed by atoms with Crippen LogP contribution in [0.3, 0.4) is 0 Å². The maximum atomic E-state index is 12.8. The number of rotatable bonds is 3. The molecule has 0 saturated heterocycles. The molecule has 0 atom stereocenters. The highest BCUT2D eigenvalue weighted by Gasteiger charge is 2.20. The molecule has 1 aliphatic heterocycles. The maximum Gasteiger partial charge on any atom is 0.259 e. The smallest absolute Gasteiger partial charge is 0.259 e. The molecule has 0 unspecified atom stereocenters. The van der Waals surface area contributed by atoms with Crippen LogP contribution in [0.1, 0.15) is 32.7 Å². The summed E-state index contributed by atoms with van der Waals surface area (Å²) in [5.41, 5.74) is 6.66. The average molecular weight is 357 g/mol. The molecule has 4 aromatic rings. The van der Waals surface area contributed by atoms with E-state index in [1.54, 1.807) is 35.6 Å². The predicted molar refractivity (Wildman–Crippen MR) is 100 cm³/mol. The second kappa shape index (κ2) is 5.91. The number of amides is 1. The van der Waals surface area contributed by atoms with Gasteiger partial charge in [-0.05, 0) is 30.7 Å². The third-order valence-corrected chi connectivity index (χ3v) is 4.77. The van der Waals surface area contributed by atoms with E-state index in [0.29, 0.717) is 23.4 Å². The van der Waals surface area contributed by atoms with Crippen LogP contribution in [-0.2, 0) is 6.54 Å². The first-order valence-electron chi connectivity index (χ1n) is 8.50. The predicted octanol–water partition coefficient (Wildman–Crippen LogP) is 3.23. The maximum absolute atomic E-state index is 12.8. The Morgan fingerprint density at radius 2 is 2.19 bits per heavy atom. The third kappa shape index (κ3) is 2.52. The zero-order valence-corrected chi connectivity index (χ0v) is 14.5. The van der Waals surface area contributed by atoms with Gasteiger partial charge in [0.05, 0.1) is 36.5 Å². The minimum Gasteiger partial charge on any atom is -0.472 e. The van der Waals surface area contributed by atoms with E-state index >= 15 is 0 Å². The van der Waals surface area contributed by atoms with Crippen LogP contribution in [0.5, 0.6) is 0 Å². The van der Waals surface area contributed by atoms with Crippen molar-refractivity contribution >= 4 is 23.0 Å². The largest absolute Gasteiger partial charge is 0.472 e. The topological polar surface area (TPSA) is 84.8 Å². The fourth-order valence-corrected chi connectivity index (χ4v) is 3.33. The molecule has 1 aliphatic rings. The van der Waals surface area contributed by atoms with Crippen molar-refractivity contribution in [1.82, 2.24) is 14.4 Å². The number of carbonyl (C=O) groups excluding carboxylic acids is 1. The van der Waals surface area contributed by atoms with Crippen LogP contribution in [0.2, 0.25) is 0 Å². The van der Waals surface area contributed by atoms with Crippen LogP contribution in [0.25, 0.3) is 5.65 Å². The van der Waals surface area contributed by atoms with Crippen molar-refractivity contribution in [3.8, 4) is 0 Å². The summed E-state index contributed by atoms with van der Waals surface area (Å²) in [5.74, 6) is -0.213. The Balaban J connectivity index is 1.46. The standard InChI is InChI=1S/C20H15N5O2/c1-12-17(8-22-18-9-21-11-25(12)18)20(26)24-15-3-2-13-7-23-19(16(13)6-15)14-4-5-27-10-14/h2-6,8-11H,7H2,1H3,(H,24,26). The number of aryl methyl sites for hydroxylation is 1. The first kappa shape index (κ1) is 15.5. The molecule has 5 rings (SSSR count). The second-order valence-corrected chi connectivity index (χ2v) is 6.38. The van der Waals surface area contributed by atoms with E-state index in [-0.39, 0.29) is 5.91 Å². The lowest BCUT2D eigenvalue weighted by atomic mass is 10.0. The van der Waals surface area contributed by atoms with Gasteiger partial charge in [-0.2, -0.15) is 0 Å². The summed E-state index contributed by atoms with van der Waals surface area (Å²) in [7, 11) is 0.